The van der Waals surface area contributed by atoms with Crippen LogP contribution in [0, 0.1) is 10.5 Å². The number of hydrogen-bond donors (Lipinski definition) is 2. The minimum atomic E-state index is -0.773. The number of ether oxygens (including phenoxy) is 1. The molecule has 0 aliphatic carbocycles. The fraction of sp³-hybridized carbons (Fsp3) is 0.462. The van der Waals surface area contributed by atoms with E-state index in [0.717, 1.165) is 20.3 Å². The third-order valence-corrected chi connectivity index (χ3v) is 3.82. The van der Waals surface area contributed by atoms with Crippen molar-refractivity contribution in [3.8, 4) is 0 Å². The Kier molecular flexibility index (Phi) is 4.98. The molecule has 100 valence electrons. The van der Waals surface area contributed by atoms with Gasteiger partial charge in [0.2, 0.25) is 0 Å². The zero-order valence-electron chi connectivity index (χ0n) is 10.8. The molecule has 0 aliphatic rings. The molecule has 0 fully saturated rings. The Morgan fingerprint density at radius 1 is 1.50 bits per heavy atom. The van der Waals surface area contributed by atoms with Crippen molar-refractivity contribution in [1.29, 1.82) is 0 Å². The van der Waals surface area contributed by atoms with Crippen LogP contribution in [0.5, 0.6) is 0 Å². The molecule has 0 aromatic heterocycles. The summed E-state index contributed by atoms with van der Waals surface area (Å²) in [7, 11) is 0. The summed E-state index contributed by atoms with van der Waals surface area (Å²) in [6, 6.07) is 3.94. The number of halogens is 1. The molecule has 1 aromatic carbocycles. The van der Waals surface area contributed by atoms with Crippen molar-refractivity contribution in [2.75, 3.05) is 0 Å². The first-order chi connectivity index (χ1) is 8.26. The maximum absolute atomic E-state index is 10.8. The first-order valence-corrected chi connectivity index (χ1v) is 6.71. The van der Waals surface area contributed by atoms with Crippen LogP contribution in [-0.2, 0) is 17.8 Å². The molecule has 0 heterocycles. The Morgan fingerprint density at radius 2 is 2.11 bits per heavy atom. The van der Waals surface area contributed by atoms with E-state index in [-0.39, 0.29) is 6.61 Å². The molecule has 0 radical (unpaired) electrons. The fourth-order valence-electron chi connectivity index (χ4n) is 1.92. The molecular formula is C13H18INO3. The molecular weight excluding hydrogens is 345 g/mol. The van der Waals surface area contributed by atoms with E-state index in [1.165, 1.54) is 0 Å². The van der Waals surface area contributed by atoms with Gasteiger partial charge in [-0.3, -0.25) is 0 Å². The lowest BCUT2D eigenvalue weighted by atomic mass is 9.93. The van der Waals surface area contributed by atoms with Gasteiger partial charge in [0.05, 0.1) is 6.61 Å². The molecule has 1 aromatic rings. The van der Waals surface area contributed by atoms with Crippen molar-refractivity contribution in [2.24, 2.45) is 5.73 Å². The van der Waals surface area contributed by atoms with E-state index in [0.29, 0.717) is 6.42 Å². The molecule has 0 bridgehead atoms. The second-order valence-electron chi connectivity index (χ2n) is 4.83. The number of hydrogen-bond acceptors (Lipinski definition) is 3. The highest BCUT2D eigenvalue weighted by Crippen LogP contribution is 2.25. The smallest absolute Gasteiger partial charge is 0.405 e. The van der Waals surface area contributed by atoms with Crippen LogP contribution in [0.25, 0.3) is 0 Å². The number of aliphatic hydroxyl groups is 1. The highest BCUT2D eigenvalue weighted by molar-refractivity contribution is 14.1. The quantitative estimate of drug-likeness (QED) is 0.808. The maximum atomic E-state index is 10.8. The van der Waals surface area contributed by atoms with E-state index >= 15 is 0 Å². The Hall–Kier alpha value is -0.820. The zero-order valence-corrected chi connectivity index (χ0v) is 12.9. The molecule has 18 heavy (non-hydrogen) atoms. The van der Waals surface area contributed by atoms with Crippen LogP contribution in [0.4, 0.5) is 4.79 Å². The molecule has 0 atom stereocenters. The normalized spacial score (nSPS) is 11.4. The second kappa shape index (κ2) is 5.88. The van der Waals surface area contributed by atoms with E-state index in [1.54, 1.807) is 0 Å². The highest BCUT2D eigenvalue weighted by atomic mass is 127. The summed E-state index contributed by atoms with van der Waals surface area (Å²) >= 11 is 2.19. The fourth-order valence-corrected chi connectivity index (χ4v) is 2.68. The number of aliphatic hydroxyl groups excluding tert-OH is 1. The van der Waals surface area contributed by atoms with E-state index in [2.05, 4.69) is 22.6 Å². The van der Waals surface area contributed by atoms with Gasteiger partial charge in [0, 0.05) is 9.99 Å². The Bertz CT molecular complexity index is 458. The summed E-state index contributed by atoms with van der Waals surface area (Å²) in [5.74, 6) is 0. The van der Waals surface area contributed by atoms with Crippen molar-refractivity contribution < 1.29 is 14.6 Å². The number of rotatable bonds is 4. The molecule has 0 spiro atoms. The SMILES string of the molecule is Cc1c(CC(C)(C)OC(N)=O)ccc(I)c1CO. The minimum absolute atomic E-state index is 0.00898. The molecule has 1 rings (SSSR count). The van der Waals surface area contributed by atoms with E-state index in [1.807, 2.05) is 32.9 Å². The number of nitrogens with two attached hydrogens (primary N) is 1. The van der Waals surface area contributed by atoms with Crippen molar-refractivity contribution >= 4 is 28.7 Å². The monoisotopic (exact) mass is 363 g/mol. The zero-order chi connectivity index (χ0) is 13.9. The molecule has 5 heteroatoms. The predicted octanol–water partition coefficient (Wildman–Crippen LogP) is 2.51. The van der Waals surface area contributed by atoms with Crippen LogP contribution in [0.1, 0.15) is 30.5 Å². The van der Waals surface area contributed by atoms with Crippen LogP contribution < -0.4 is 5.73 Å². The van der Waals surface area contributed by atoms with Gasteiger partial charge in [-0.1, -0.05) is 6.07 Å². The van der Waals surface area contributed by atoms with Crippen LogP contribution >= 0.6 is 22.6 Å². The van der Waals surface area contributed by atoms with Crippen molar-refractivity contribution in [3.63, 3.8) is 0 Å². The van der Waals surface area contributed by atoms with Gasteiger partial charge in [-0.05, 0) is 66.1 Å². The van der Waals surface area contributed by atoms with E-state index in [9.17, 15) is 9.90 Å². The standard InChI is InChI=1S/C13H18INO3/c1-8-9(4-5-11(14)10(8)7-16)6-13(2,3)18-12(15)17/h4-5,16H,6-7H2,1-3H3,(H2,15,17). The van der Waals surface area contributed by atoms with Gasteiger partial charge in [0.1, 0.15) is 5.60 Å². The summed E-state index contributed by atoms with van der Waals surface area (Å²) < 4.78 is 6.11. The average molecular weight is 363 g/mol. The van der Waals surface area contributed by atoms with Gasteiger partial charge in [-0.25, -0.2) is 4.79 Å². The Balaban J connectivity index is 3.01. The Labute approximate surface area is 121 Å². The van der Waals surface area contributed by atoms with Crippen molar-refractivity contribution in [2.45, 2.75) is 39.4 Å². The van der Waals surface area contributed by atoms with Gasteiger partial charge in [-0.2, -0.15) is 0 Å². The third-order valence-electron chi connectivity index (χ3n) is 2.80. The van der Waals surface area contributed by atoms with E-state index < -0.39 is 11.7 Å². The minimum Gasteiger partial charge on any atom is -0.443 e. The predicted molar refractivity (Wildman–Crippen MR) is 78.3 cm³/mol. The number of primary amides is 1. The summed E-state index contributed by atoms with van der Waals surface area (Å²) in [6.07, 6.45) is -0.211. The average Bonchev–Trinajstić information content (AvgIpc) is 2.21. The number of carbonyl (C=O) groups excluding carboxylic acids is 1. The third kappa shape index (κ3) is 3.84. The van der Waals surface area contributed by atoms with Crippen LogP contribution in [0.2, 0.25) is 0 Å². The molecule has 0 aliphatic heterocycles. The summed E-state index contributed by atoms with van der Waals surface area (Å²) in [4.78, 5) is 10.8. The van der Waals surface area contributed by atoms with Gasteiger partial charge in [0.25, 0.3) is 0 Å². The largest absolute Gasteiger partial charge is 0.443 e. The van der Waals surface area contributed by atoms with E-state index in [4.69, 9.17) is 10.5 Å². The highest BCUT2D eigenvalue weighted by Gasteiger charge is 2.23. The number of benzene rings is 1. The summed E-state index contributed by atoms with van der Waals surface area (Å²) in [6.45, 7) is 5.60. The lowest BCUT2D eigenvalue weighted by molar-refractivity contribution is 0.0459. The first-order valence-electron chi connectivity index (χ1n) is 5.63. The summed E-state index contributed by atoms with van der Waals surface area (Å²) in [5, 5.41) is 9.36. The molecule has 0 saturated carbocycles. The van der Waals surface area contributed by atoms with Gasteiger partial charge in [-0.15, -0.1) is 0 Å². The lowest BCUT2D eigenvalue weighted by Crippen LogP contribution is -2.33. The second-order valence-corrected chi connectivity index (χ2v) is 5.99. The topological polar surface area (TPSA) is 72.5 Å². The molecule has 3 N–H and O–H groups in total. The molecule has 0 unspecified atom stereocenters. The molecule has 1 amide bonds. The number of carbonyl (C=O) groups is 1. The first kappa shape index (κ1) is 15.2. The van der Waals surface area contributed by atoms with Crippen molar-refractivity contribution in [1.82, 2.24) is 0 Å². The lowest BCUT2D eigenvalue weighted by Gasteiger charge is -2.25. The molecule has 0 saturated heterocycles. The van der Waals surface area contributed by atoms with Crippen molar-refractivity contribution in [3.05, 3.63) is 32.4 Å². The maximum Gasteiger partial charge on any atom is 0.405 e. The van der Waals surface area contributed by atoms with Gasteiger partial charge in [0.15, 0.2) is 0 Å². The van der Waals surface area contributed by atoms with Gasteiger partial charge < -0.3 is 15.6 Å². The van der Waals surface area contributed by atoms with Gasteiger partial charge >= 0.3 is 6.09 Å². The summed E-state index contributed by atoms with van der Waals surface area (Å²) in [5.41, 5.74) is 7.39. The van der Waals surface area contributed by atoms with Crippen LogP contribution in [0.15, 0.2) is 12.1 Å². The van der Waals surface area contributed by atoms with Crippen LogP contribution in [-0.4, -0.2) is 16.8 Å². The molecule has 4 nitrogen and oxygen atoms in total. The van der Waals surface area contributed by atoms with Crippen LogP contribution in [0.3, 0.4) is 0 Å². The Morgan fingerprint density at radius 3 is 2.61 bits per heavy atom. The number of amides is 1.